The highest BCUT2D eigenvalue weighted by atomic mass is 32.2. The molecular weight excluding hydrogens is 372 g/mol. The van der Waals surface area contributed by atoms with Gasteiger partial charge in [0.05, 0.1) is 10.6 Å². The summed E-state index contributed by atoms with van der Waals surface area (Å²) < 4.78 is 1.78. The number of amides is 1. The molecule has 0 saturated heterocycles. The van der Waals surface area contributed by atoms with E-state index in [1.165, 1.54) is 11.8 Å². The molecule has 1 amide bonds. The van der Waals surface area contributed by atoms with Gasteiger partial charge in [-0.25, -0.2) is 9.69 Å². The van der Waals surface area contributed by atoms with Crippen LogP contribution in [0.5, 0.6) is 0 Å². The molecule has 1 aliphatic rings. The molecule has 0 saturated carbocycles. The van der Waals surface area contributed by atoms with Gasteiger partial charge in [-0.2, -0.15) is 0 Å². The molecule has 3 rings (SSSR count). The van der Waals surface area contributed by atoms with Crippen LogP contribution in [0.15, 0.2) is 34.3 Å². The molecule has 1 aromatic carbocycles. The number of aryl methyl sites for hydroxylation is 2. The first-order valence-electron chi connectivity index (χ1n) is 9.81. The lowest BCUT2D eigenvalue weighted by Gasteiger charge is -2.33. The summed E-state index contributed by atoms with van der Waals surface area (Å²) in [5.74, 6) is 0.680. The molecule has 0 N–H and O–H groups in total. The van der Waals surface area contributed by atoms with Crippen molar-refractivity contribution in [3.8, 4) is 0 Å². The van der Waals surface area contributed by atoms with E-state index in [4.69, 9.17) is 0 Å². The zero-order chi connectivity index (χ0) is 20.3. The summed E-state index contributed by atoms with van der Waals surface area (Å²) in [6.45, 7) is 7.96. The number of thioether (sulfide) groups is 1. The van der Waals surface area contributed by atoms with Gasteiger partial charge < -0.3 is 0 Å². The van der Waals surface area contributed by atoms with Gasteiger partial charge in [-0.05, 0) is 31.5 Å². The van der Waals surface area contributed by atoms with Gasteiger partial charge in [-0.1, -0.05) is 50.6 Å². The lowest BCUT2D eigenvalue weighted by molar-refractivity contribution is -0.119. The number of rotatable bonds is 7. The molecule has 0 spiro atoms. The van der Waals surface area contributed by atoms with Crippen LogP contribution in [0, 0.1) is 6.92 Å². The molecular formula is C21H26N4O2S. The SMILES string of the molecule is CCCC(=O)C1=C(c2ccc(C)cc2)N(C(=O)CCC)n2c(CC)nnc2S1. The summed E-state index contributed by atoms with van der Waals surface area (Å²) >= 11 is 1.31. The summed E-state index contributed by atoms with van der Waals surface area (Å²) in [6, 6.07) is 7.94. The Hall–Kier alpha value is -2.41. The van der Waals surface area contributed by atoms with Crippen molar-refractivity contribution >= 4 is 29.1 Å². The van der Waals surface area contributed by atoms with E-state index in [9.17, 15) is 9.59 Å². The fraction of sp³-hybridized carbons (Fsp3) is 0.429. The van der Waals surface area contributed by atoms with Crippen molar-refractivity contribution in [2.45, 2.75) is 65.0 Å². The minimum Gasteiger partial charge on any atom is -0.294 e. The van der Waals surface area contributed by atoms with Crippen molar-refractivity contribution in [2.75, 3.05) is 5.01 Å². The molecule has 0 aliphatic carbocycles. The van der Waals surface area contributed by atoms with Crippen LogP contribution in [0.2, 0.25) is 0 Å². The molecule has 6 nitrogen and oxygen atoms in total. The number of carbonyl (C=O) groups is 2. The number of nitrogens with zero attached hydrogens (tertiary/aromatic N) is 4. The van der Waals surface area contributed by atoms with Gasteiger partial charge in [0.2, 0.25) is 11.1 Å². The number of benzene rings is 1. The van der Waals surface area contributed by atoms with Crippen molar-refractivity contribution in [3.05, 3.63) is 46.1 Å². The maximum atomic E-state index is 13.2. The van der Waals surface area contributed by atoms with E-state index in [-0.39, 0.29) is 11.7 Å². The number of Topliss-reactive ketones (excluding diaryl/α,β-unsaturated/α-hetero) is 1. The van der Waals surface area contributed by atoms with Gasteiger partial charge >= 0.3 is 0 Å². The second-order valence-electron chi connectivity index (χ2n) is 6.84. The zero-order valence-electron chi connectivity index (χ0n) is 16.9. The van der Waals surface area contributed by atoms with E-state index in [0.29, 0.717) is 40.8 Å². The summed E-state index contributed by atoms with van der Waals surface area (Å²) in [6.07, 6.45) is 2.93. The Labute approximate surface area is 170 Å². The summed E-state index contributed by atoms with van der Waals surface area (Å²) in [5.41, 5.74) is 2.62. The summed E-state index contributed by atoms with van der Waals surface area (Å²) in [5, 5.41) is 10.7. The number of hydrogen-bond donors (Lipinski definition) is 0. The first-order valence-corrected chi connectivity index (χ1v) is 10.6. The number of fused-ring (bicyclic) bond motifs is 1. The van der Waals surface area contributed by atoms with Gasteiger partial charge in [0, 0.05) is 24.8 Å². The number of allylic oxidation sites excluding steroid dienone is 1. The molecule has 28 heavy (non-hydrogen) atoms. The minimum atomic E-state index is -0.0593. The Bertz CT molecular complexity index is 915. The number of ketones is 1. The third-order valence-corrected chi connectivity index (χ3v) is 5.63. The molecule has 2 aromatic rings. The average molecular weight is 399 g/mol. The van der Waals surface area contributed by atoms with E-state index in [1.54, 1.807) is 9.69 Å². The summed E-state index contributed by atoms with van der Waals surface area (Å²) in [4.78, 5) is 26.8. The van der Waals surface area contributed by atoms with Crippen LogP contribution < -0.4 is 5.01 Å². The second-order valence-corrected chi connectivity index (χ2v) is 7.82. The van der Waals surface area contributed by atoms with E-state index in [1.807, 2.05) is 52.0 Å². The lowest BCUT2D eigenvalue weighted by Crippen LogP contribution is -2.43. The highest BCUT2D eigenvalue weighted by molar-refractivity contribution is 8.04. The number of hydrogen-bond acceptors (Lipinski definition) is 5. The lowest BCUT2D eigenvalue weighted by atomic mass is 10.1. The van der Waals surface area contributed by atoms with Crippen molar-refractivity contribution in [3.63, 3.8) is 0 Å². The molecule has 0 atom stereocenters. The van der Waals surface area contributed by atoms with Crippen LogP contribution in [0.1, 0.15) is 63.4 Å². The Morgan fingerprint density at radius 3 is 2.29 bits per heavy atom. The predicted molar refractivity (Wildman–Crippen MR) is 111 cm³/mol. The standard InChI is InChI=1S/C21H26N4O2S/c1-5-8-16(26)20-19(15-12-10-14(4)11-13-15)25(18(27)9-6-2)24-17(7-3)22-23-21(24)28-20/h10-13H,5-9H2,1-4H3. The molecule has 0 unspecified atom stereocenters. The third-order valence-electron chi connectivity index (χ3n) is 4.57. The highest BCUT2D eigenvalue weighted by Gasteiger charge is 2.36. The molecule has 0 radical (unpaired) electrons. The molecule has 0 fully saturated rings. The zero-order valence-corrected chi connectivity index (χ0v) is 17.7. The van der Waals surface area contributed by atoms with E-state index in [0.717, 1.165) is 24.0 Å². The van der Waals surface area contributed by atoms with Crippen LogP contribution >= 0.6 is 11.8 Å². The molecule has 0 bridgehead atoms. The fourth-order valence-corrected chi connectivity index (χ4v) is 4.22. The monoisotopic (exact) mass is 398 g/mol. The predicted octanol–water partition coefficient (Wildman–Crippen LogP) is 4.26. The third kappa shape index (κ3) is 3.76. The quantitative estimate of drug-likeness (QED) is 0.697. The Kier molecular flexibility index (Phi) is 6.34. The maximum absolute atomic E-state index is 13.2. The highest BCUT2D eigenvalue weighted by Crippen LogP contribution is 2.40. The topological polar surface area (TPSA) is 68.1 Å². The Balaban J connectivity index is 2.26. The van der Waals surface area contributed by atoms with Crippen LogP contribution in [-0.4, -0.2) is 26.6 Å². The fourth-order valence-electron chi connectivity index (χ4n) is 3.17. The van der Waals surface area contributed by atoms with Crippen molar-refractivity contribution < 1.29 is 9.59 Å². The van der Waals surface area contributed by atoms with Gasteiger partial charge in [-0.3, -0.25) is 9.59 Å². The van der Waals surface area contributed by atoms with Crippen molar-refractivity contribution in [1.29, 1.82) is 0 Å². The Morgan fingerprint density at radius 1 is 1.00 bits per heavy atom. The number of aromatic nitrogens is 3. The maximum Gasteiger partial charge on any atom is 0.246 e. The number of carbonyl (C=O) groups excluding carboxylic acids is 2. The molecule has 148 valence electrons. The largest absolute Gasteiger partial charge is 0.294 e. The van der Waals surface area contributed by atoms with E-state index < -0.39 is 0 Å². The first kappa shape index (κ1) is 20.3. The molecule has 1 aromatic heterocycles. The van der Waals surface area contributed by atoms with E-state index >= 15 is 0 Å². The van der Waals surface area contributed by atoms with Crippen molar-refractivity contribution in [1.82, 2.24) is 14.9 Å². The normalized spacial score (nSPS) is 13.6. The van der Waals surface area contributed by atoms with Crippen LogP contribution in [-0.2, 0) is 16.0 Å². The van der Waals surface area contributed by atoms with Gasteiger partial charge in [-0.15, -0.1) is 10.2 Å². The average Bonchev–Trinajstić information content (AvgIpc) is 3.10. The van der Waals surface area contributed by atoms with Gasteiger partial charge in [0.25, 0.3) is 0 Å². The molecule has 2 heterocycles. The first-order chi connectivity index (χ1) is 13.5. The van der Waals surface area contributed by atoms with Gasteiger partial charge in [0.15, 0.2) is 11.6 Å². The molecule has 1 aliphatic heterocycles. The molecule has 7 heteroatoms. The second kappa shape index (κ2) is 8.73. The van der Waals surface area contributed by atoms with E-state index in [2.05, 4.69) is 10.2 Å². The van der Waals surface area contributed by atoms with Crippen LogP contribution in [0.25, 0.3) is 5.70 Å². The van der Waals surface area contributed by atoms with Gasteiger partial charge in [0.1, 0.15) is 0 Å². The Morgan fingerprint density at radius 2 is 1.68 bits per heavy atom. The summed E-state index contributed by atoms with van der Waals surface area (Å²) in [7, 11) is 0. The van der Waals surface area contributed by atoms with Crippen LogP contribution in [0.3, 0.4) is 0 Å². The smallest absolute Gasteiger partial charge is 0.246 e. The minimum absolute atomic E-state index is 0.0321. The van der Waals surface area contributed by atoms with Crippen molar-refractivity contribution in [2.24, 2.45) is 0 Å². The van der Waals surface area contributed by atoms with Crippen LogP contribution in [0.4, 0.5) is 0 Å².